The zero-order valence-electron chi connectivity index (χ0n) is 11.1. The highest BCUT2D eigenvalue weighted by molar-refractivity contribution is 7.12. The van der Waals surface area contributed by atoms with E-state index in [0.29, 0.717) is 6.54 Å². The first-order valence-corrected chi connectivity index (χ1v) is 7.23. The number of hydrogen-bond acceptors (Lipinski definition) is 4. The molecule has 1 fully saturated rings. The largest absolute Gasteiger partial charge is 0.379 e. The van der Waals surface area contributed by atoms with Gasteiger partial charge in [0.2, 0.25) is 0 Å². The number of morpholine rings is 1. The van der Waals surface area contributed by atoms with E-state index in [4.69, 9.17) is 4.74 Å². The first kappa shape index (κ1) is 14.1. The van der Waals surface area contributed by atoms with E-state index in [1.165, 1.54) is 11.3 Å². The number of nitrogens with zero attached hydrogens (tertiary/aromatic N) is 1. The molecule has 1 N–H and O–H groups in total. The Bertz CT molecular complexity index is 481. The fraction of sp³-hybridized carbons (Fsp3) is 0.500. The molecule has 2 heterocycles. The van der Waals surface area contributed by atoms with Crippen LogP contribution in [0.4, 0.5) is 0 Å². The minimum absolute atomic E-state index is 0.0428. The summed E-state index contributed by atoms with van der Waals surface area (Å²) in [5, 5.41) is 4.78. The van der Waals surface area contributed by atoms with Gasteiger partial charge in [-0.25, -0.2) is 0 Å². The van der Waals surface area contributed by atoms with Gasteiger partial charge in [0.1, 0.15) is 0 Å². The Morgan fingerprint density at radius 1 is 1.47 bits per heavy atom. The van der Waals surface area contributed by atoms with E-state index in [1.54, 1.807) is 0 Å². The topological polar surface area (TPSA) is 41.6 Å². The summed E-state index contributed by atoms with van der Waals surface area (Å²) in [6.45, 7) is 6.59. The highest BCUT2D eigenvalue weighted by Crippen LogP contribution is 2.12. The predicted octanol–water partition coefficient (Wildman–Crippen LogP) is 1.12. The van der Waals surface area contributed by atoms with Gasteiger partial charge in [-0.05, 0) is 23.9 Å². The van der Waals surface area contributed by atoms with Crippen LogP contribution in [0.3, 0.4) is 0 Å². The molecule has 0 aromatic carbocycles. The summed E-state index contributed by atoms with van der Waals surface area (Å²) >= 11 is 1.46. The van der Waals surface area contributed by atoms with Crippen LogP contribution in [-0.2, 0) is 4.74 Å². The molecule has 1 aromatic heterocycles. The normalized spacial score (nSPS) is 15.6. The fourth-order valence-corrected chi connectivity index (χ4v) is 2.57. The maximum atomic E-state index is 11.7. The van der Waals surface area contributed by atoms with Gasteiger partial charge in [0.05, 0.1) is 31.2 Å². The van der Waals surface area contributed by atoms with Gasteiger partial charge in [0, 0.05) is 13.1 Å². The highest BCUT2D eigenvalue weighted by Gasteiger charge is 2.08. The predicted molar refractivity (Wildman–Crippen MR) is 76.4 cm³/mol. The molecule has 1 aliphatic heterocycles. The van der Waals surface area contributed by atoms with Crippen LogP contribution in [0.2, 0.25) is 0 Å². The molecule has 1 aliphatic rings. The van der Waals surface area contributed by atoms with Gasteiger partial charge in [-0.1, -0.05) is 11.8 Å². The molecular formula is C14H18N2O2S. The maximum Gasteiger partial charge on any atom is 0.262 e. The summed E-state index contributed by atoms with van der Waals surface area (Å²) in [5.74, 6) is 6.01. The van der Waals surface area contributed by atoms with E-state index in [-0.39, 0.29) is 5.91 Å². The molecule has 0 saturated carbocycles. The fourth-order valence-electron chi connectivity index (χ4n) is 1.75. The molecule has 102 valence electrons. The highest BCUT2D eigenvalue weighted by atomic mass is 32.1. The Kier molecular flexibility index (Phi) is 5.40. The van der Waals surface area contributed by atoms with E-state index in [1.807, 2.05) is 18.4 Å². The van der Waals surface area contributed by atoms with Crippen molar-refractivity contribution in [2.24, 2.45) is 0 Å². The Hall–Kier alpha value is -1.35. The molecule has 19 heavy (non-hydrogen) atoms. The van der Waals surface area contributed by atoms with Crippen molar-refractivity contribution < 1.29 is 9.53 Å². The van der Waals surface area contributed by atoms with E-state index in [9.17, 15) is 4.79 Å². The summed E-state index contributed by atoms with van der Waals surface area (Å²) in [4.78, 5) is 14.7. The van der Waals surface area contributed by atoms with E-state index >= 15 is 0 Å². The molecule has 0 atom stereocenters. The third-order valence-corrected chi connectivity index (χ3v) is 3.87. The number of rotatable bonds is 3. The van der Waals surface area contributed by atoms with Gasteiger partial charge in [-0.3, -0.25) is 9.69 Å². The zero-order chi connectivity index (χ0) is 13.5. The number of carbonyl (C=O) groups excluding carboxylic acids is 1. The van der Waals surface area contributed by atoms with Crippen LogP contribution >= 0.6 is 11.3 Å². The minimum Gasteiger partial charge on any atom is -0.379 e. The summed E-state index contributed by atoms with van der Waals surface area (Å²) in [6, 6.07) is 1.89. The first-order chi connectivity index (χ1) is 9.25. The molecule has 5 heteroatoms. The monoisotopic (exact) mass is 278 g/mol. The van der Waals surface area contributed by atoms with Crippen molar-refractivity contribution in [3.05, 3.63) is 21.9 Å². The first-order valence-electron chi connectivity index (χ1n) is 6.35. The van der Waals surface area contributed by atoms with Crippen molar-refractivity contribution in [2.45, 2.75) is 6.92 Å². The molecule has 0 bridgehead atoms. The van der Waals surface area contributed by atoms with Crippen molar-refractivity contribution >= 4 is 17.2 Å². The molecule has 0 unspecified atom stereocenters. The number of carbonyl (C=O) groups is 1. The summed E-state index contributed by atoms with van der Waals surface area (Å²) < 4.78 is 5.26. The van der Waals surface area contributed by atoms with Crippen molar-refractivity contribution in [3.8, 4) is 11.8 Å². The third kappa shape index (κ3) is 4.67. The Labute approximate surface area is 117 Å². The molecule has 1 amide bonds. The molecule has 0 radical (unpaired) electrons. The maximum absolute atomic E-state index is 11.7. The van der Waals surface area contributed by atoms with Gasteiger partial charge in [0.25, 0.3) is 5.91 Å². The second-order valence-electron chi connectivity index (χ2n) is 4.41. The van der Waals surface area contributed by atoms with E-state index in [0.717, 1.165) is 43.3 Å². The van der Waals surface area contributed by atoms with Gasteiger partial charge < -0.3 is 10.1 Å². The summed E-state index contributed by atoms with van der Waals surface area (Å²) in [5.41, 5.74) is 1.12. The Balaban J connectivity index is 1.67. The lowest BCUT2D eigenvalue weighted by Gasteiger charge is -2.24. The average Bonchev–Trinajstić information content (AvgIpc) is 2.86. The van der Waals surface area contributed by atoms with Crippen molar-refractivity contribution in [2.75, 3.05) is 39.4 Å². The molecule has 0 spiro atoms. The van der Waals surface area contributed by atoms with Crippen LogP contribution in [0.15, 0.2) is 11.4 Å². The van der Waals surface area contributed by atoms with Gasteiger partial charge >= 0.3 is 0 Å². The average molecular weight is 278 g/mol. The quantitative estimate of drug-likeness (QED) is 0.843. The van der Waals surface area contributed by atoms with Crippen LogP contribution in [0.25, 0.3) is 0 Å². The molecule has 2 rings (SSSR count). The molecule has 1 saturated heterocycles. The van der Waals surface area contributed by atoms with Crippen molar-refractivity contribution in [3.63, 3.8) is 0 Å². The van der Waals surface area contributed by atoms with Crippen LogP contribution in [-0.4, -0.2) is 50.2 Å². The number of ether oxygens (including phenoxy) is 1. The number of amides is 1. The minimum atomic E-state index is -0.0428. The zero-order valence-corrected chi connectivity index (χ0v) is 11.9. The van der Waals surface area contributed by atoms with Crippen LogP contribution in [0, 0.1) is 18.8 Å². The smallest absolute Gasteiger partial charge is 0.262 e. The lowest BCUT2D eigenvalue weighted by molar-refractivity contribution is 0.0443. The second-order valence-corrected chi connectivity index (χ2v) is 5.32. The molecule has 0 aliphatic carbocycles. The van der Waals surface area contributed by atoms with E-state index < -0.39 is 0 Å². The summed E-state index contributed by atoms with van der Waals surface area (Å²) in [6.07, 6.45) is 0. The molecule has 4 nitrogen and oxygen atoms in total. The number of aryl methyl sites for hydroxylation is 1. The summed E-state index contributed by atoms with van der Waals surface area (Å²) in [7, 11) is 0. The Morgan fingerprint density at radius 3 is 2.95 bits per heavy atom. The lowest BCUT2D eigenvalue weighted by Crippen LogP contribution is -2.36. The van der Waals surface area contributed by atoms with Crippen LogP contribution in [0.5, 0.6) is 0 Å². The lowest BCUT2D eigenvalue weighted by atomic mass is 10.3. The molecular weight excluding hydrogens is 260 g/mol. The number of hydrogen-bond donors (Lipinski definition) is 1. The van der Waals surface area contributed by atoms with Gasteiger partial charge in [0.15, 0.2) is 0 Å². The third-order valence-electron chi connectivity index (χ3n) is 2.82. The number of thiophene rings is 1. The van der Waals surface area contributed by atoms with Crippen LogP contribution in [0.1, 0.15) is 15.2 Å². The Morgan fingerprint density at radius 2 is 2.26 bits per heavy atom. The van der Waals surface area contributed by atoms with E-state index in [2.05, 4.69) is 22.1 Å². The van der Waals surface area contributed by atoms with Gasteiger partial charge in [-0.15, -0.1) is 11.3 Å². The van der Waals surface area contributed by atoms with Crippen molar-refractivity contribution in [1.82, 2.24) is 10.2 Å². The standard InChI is InChI=1S/C14H18N2O2S/c1-12-10-13(19-11-12)14(17)15-4-2-3-5-16-6-8-18-9-7-16/h10-11H,4-9H2,1H3,(H,15,17). The SMILES string of the molecule is Cc1csc(C(=O)NCC#CCN2CCOCC2)c1. The van der Waals surface area contributed by atoms with Crippen molar-refractivity contribution in [1.29, 1.82) is 0 Å². The second kappa shape index (κ2) is 7.29. The number of nitrogens with one attached hydrogen (secondary N) is 1. The molecule has 1 aromatic rings. The van der Waals surface area contributed by atoms with Gasteiger partial charge in [-0.2, -0.15) is 0 Å². The van der Waals surface area contributed by atoms with Crippen LogP contribution < -0.4 is 5.32 Å².